The summed E-state index contributed by atoms with van der Waals surface area (Å²) in [6, 6.07) is 0.882. The molecule has 1 saturated heterocycles. The van der Waals surface area contributed by atoms with E-state index in [4.69, 9.17) is 5.73 Å². The van der Waals surface area contributed by atoms with E-state index in [2.05, 4.69) is 11.8 Å². The minimum absolute atomic E-state index is 0.372. The van der Waals surface area contributed by atoms with E-state index in [1.54, 1.807) is 0 Å². The highest BCUT2D eigenvalue weighted by atomic mass is 15.3. The number of rotatable bonds is 4. The fourth-order valence-electron chi connectivity index (χ4n) is 4.73. The van der Waals surface area contributed by atoms with Gasteiger partial charge in [-0.3, -0.25) is 4.90 Å². The molecule has 0 spiro atoms. The van der Waals surface area contributed by atoms with E-state index in [0.717, 1.165) is 24.4 Å². The minimum Gasteiger partial charge on any atom is -0.329 e. The van der Waals surface area contributed by atoms with Crippen molar-refractivity contribution in [3.05, 3.63) is 0 Å². The lowest BCUT2D eigenvalue weighted by molar-refractivity contribution is 0.0341. The van der Waals surface area contributed by atoms with Crippen LogP contribution in [0, 0.1) is 11.8 Å². The van der Waals surface area contributed by atoms with Gasteiger partial charge in [0, 0.05) is 18.1 Å². The van der Waals surface area contributed by atoms with E-state index in [1.807, 2.05) is 0 Å². The molecule has 2 heteroatoms. The molecule has 0 bridgehead atoms. The zero-order chi connectivity index (χ0) is 11.9. The summed E-state index contributed by atoms with van der Waals surface area (Å²) in [5.74, 6) is 1.91. The van der Waals surface area contributed by atoms with Crippen LogP contribution in [0.4, 0.5) is 0 Å². The maximum absolute atomic E-state index is 6.22. The number of nitrogens with zero attached hydrogens (tertiary/aromatic N) is 1. The van der Waals surface area contributed by atoms with E-state index < -0.39 is 0 Å². The van der Waals surface area contributed by atoms with Crippen LogP contribution in [-0.4, -0.2) is 29.6 Å². The van der Waals surface area contributed by atoms with Gasteiger partial charge in [-0.15, -0.1) is 0 Å². The average molecular weight is 236 g/mol. The number of fused-ring (bicyclic) bond motifs is 1. The number of likely N-dealkylation sites (tertiary alicyclic amines) is 1. The second-order valence-electron chi connectivity index (χ2n) is 6.53. The first-order valence-corrected chi connectivity index (χ1v) is 7.78. The van der Waals surface area contributed by atoms with Crippen molar-refractivity contribution in [2.45, 2.75) is 69.9 Å². The normalized spacial score (nSPS) is 37.8. The second-order valence-corrected chi connectivity index (χ2v) is 6.53. The molecule has 0 aromatic carbocycles. The van der Waals surface area contributed by atoms with E-state index >= 15 is 0 Å². The topological polar surface area (TPSA) is 29.3 Å². The molecule has 3 atom stereocenters. The Balaban J connectivity index is 1.81. The maximum atomic E-state index is 6.22. The van der Waals surface area contributed by atoms with Gasteiger partial charge in [0.25, 0.3) is 0 Å². The van der Waals surface area contributed by atoms with Gasteiger partial charge >= 0.3 is 0 Å². The predicted octanol–water partition coefficient (Wildman–Crippen LogP) is 2.77. The van der Waals surface area contributed by atoms with Gasteiger partial charge in [0.1, 0.15) is 0 Å². The van der Waals surface area contributed by atoms with E-state index in [0.29, 0.717) is 5.54 Å². The molecule has 2 nitrogen and oxygen atoms in total. The standard InChI is InChI=1S/C15H28N2/c1-2-15(11-16,13-7-8-13)17-10-9-12-5-3-4-6-14(12)17/h12-14H,2-11,16H2,1H3. The average Bonchev–Trinajstić information content (AvgIpc) is 3.13. The molecular formula is C15H28N2. The molecule has 0 aromatic heterocycles. The third-order valence-corrected chi connectivity index (χ3v) is 5.89. The summed E-state index contributed by atoms with van der Waals surface area (Å²) >= 11 is 0. The summed E-state index contributed by atoms with van der Waals surface area (Å²) in [5.41, 5.74) is 6.59. The molecule has 0 amide bonds. The summed E-state index contributed by atoms with van der Waals surface area (Å²) in [6.45, 7) is 4.58. The van der Waals surface area contributed by atoms with Crippen molar-refractivity contribution in [3.8, 4) is 0 Å². The van der Waals surface area contributed by atoms with Crippen LogP contribution in [0.5, 0.6) is 0 Å². The highest BCUT2D eigenvalue weighted by molar-refractivity contribution is 5.07. The minimum atomic E-state index is 0.372. The Hall–Kier alpha value is -0.0800. The third-order valence-electron chi connectivity index (χ3n) is 5.89. The molecule has 2 aliphatic carbocycles. The molecule has 1 heterocycles. The first-order chi connectivity index (χ1) is 8.31. The summed E-state index contributed by atoms with van der Waals surface area (Å²) in [5, 5.41) is 0. The van der Waals surface area contributed by atoms with E-state index in [9.17, 15) is 0 Å². The zero-order valence-electron chi connectivity index (χ0n) is 11.3. The Kier molecular flexibility index (Phi) is 3.20. The van der Waals surface area contributed by atoms with Gasteiger partial charge in [-0.1, -0.05) is 19.8 Å². The van der Waals surface area contributed by atoms with Gasteiger partial charge in [-0.05, 0) is 56.9 Å². The lowest BCUT2D eigenvalue weighted by Crippen LogP contribution is -2.58. The number of hydrogen-bond acceptors (Lipinski definition) is 2. The van der Waals surface area contributed by atoms with Crippen LogP contribution in [0.1, 0.15) is 58.3 Å². The van der Waals surface area contributed by atoms with Gasteiger partial charge < -0.3 is 5.73 Å². The Labute approximate surface area is 106 Å². The highest BCUT2D eigenvalue weighted by Crippen LogP contribution is 2.49. The fraction of sp³-hybridized carbons (Fsp3) is 1.00. The lowest BCUT2D eigenvalue weighted by Gasteiger charge is -2.46. The van der Waals surface area contributed by atoms with Crippen LogP contribution in [0.2, 0.25) is 0 Å². The van der Waals surface area contributed by atoms with Gasteiger partial charge in [0.05, 0.1) is 0 Å². The Morgan fingerprint density at radius 1 is 1.12 bits per heavy atom. The highest BCUT2D eigenvalue weighted by Gasteiger charge is 2.52. The van der Waals surface area contributed by atoms with Crippen LogP contribution >= 0.6 is 0 Å². The Morgan fingerprint density at radius 3 is 2.53 bits per heavy atom. The quantitative estimate of drug-likeness (QED) is 0.813. The van der Waals surface area contributed by atoms with Crippen molar-refractivity contribution in [1.82, 2.24) is 4.90 Å². The molecule has 3 rings (SSSR count). The molecule has 0 aromatic rings. The molecule has 98 valence electrons. The van der Waals surface area contributed by atoms with Crippen LogP contribution in [0.15, 0.2) is 0 Å². The second kappa shape index (κ2) is 4.55. The van der Waals surface area contributed by atoms with Crippen molar-refractivity contribution in [2.75, 3.05) is 13.1 Å². The molecule has 1 aliphatic heterocycles. The predicted molar refractivity (Wildman–Crippen MR) is 71.9 cm³/mol. The molecule has 3 unspecified atom stereocenters. The van der Waals surface area contributed by atoms with Crippen LogP contribution < -0.4 is 5.73 Å². The number of nitrogens with two attached hydrogens (primary N) is 1. The Morgan fingerprint density at radius 2 is 1.88 bits per heavy atom. The van der Waals surface area contributed by atoms with Crippen molar-refractivity contribution in [1.29, 1.82) is 0 Å². The molecular weight excluding hydrogens is 208 g/mol. The Bertz CT molecular complexity index is 268. The molecule has 0 radical (unpaired) electrons. The van der Waals surface area contributed by atoms with Crippen molar-refractivity contribution >= 4 is 0 Å². The molecule has 2 N–H and O–H groups in total. The van der Waals surface area contributed by atoms with E-state index in [1.165, 1.54) is 57.9 Å². The molecule has 2 saturated carbocycles. The van der Waals surface area contributed by atoms with Gasteiger partial charge in [0.15, 0.2) is 0 Å². The summed E-state index contributed by atoms with van der Waals surface area (Å²) in [7, 11) is 0. The molecule has 17 heavy (non-hydrogen) atoms. The van der Waals surface area contributed by atoms with Gasteiger partial charge in [0.2, 0.25) is 0 Å². The fourth-order valence-corrected chi connectivity index (χ4v) is 4.73. The monoisotopic (exact) mass is 236 g/mol. The number of hydrogen-bond donors (Lipinski definition) is 1. The van der Waals surface area contributed by atoms with Crippen molar-refractivity contribution in [3.63, 3.8) is 0 Å². The largest absolute Gasteiger partial charge is 0.329 e. The molecule has 3 fully saturated rings. The summed E-state index contributed by atoms with van der Waals surface area (Å²) in [4.78, 5) is 2.87. The maximum Gasteiger partial charge on any atom is 0.0360 e. The lowest BCUT2D eigenvalue weighted by atomic mass is 9.81. The van der Waals surface area contributed by atoms with Gasteiger partial charge in [-0.25, -0.2) is 0 Å². The SMILES string of the molecule is CCC(CN)(C1CC1)N1CCC2CCCCC21. The van der Waals surface area contributed by atoms with Crippen LogP contribution in [0.25, 0.3) is 0 Å². The summed E-state index contributed by atoms with van der Waals surface area (Å²) < 4.78 is 0. The first-order valence-electron chi connectivity index (χ1n) is 7.78. The van der Waals surface area contributed by atoms with Crippen LogP contribution in [0.3, 0.4) is 0 Å². The van der Waals surface area contributed by atoms with Gasteiger partial charge in [-0.2, -0.15) is 0 Å². The smallest absolute Gasteiger partial charge is 0.0360 e. The summed E-state index contributed by atoms with van der Waals surface area (Å²) in [6.07, 6.45) is 11.4. The van der Waals surface area contributed by atoms with Crippen molar-refractivity contribution < 1.29 is 0 Å². The first kappa shape index (κ1) is 12.0. The van der Waals surface area contributed by atoms with E-state index in [-0.39, 0.29) is 0 Å². The molecule has 3 aliphatic rings. The van der Waals surface area contributed by atoms with Crippen molar-refractivity contribution in [2.24, 2.45) is 17.6 Å². The third kappa shape index (κ3) is 1.84. The zero-order valence-corrected chi connectivity index (χ0v) is 11.3. The van der Waals surface area contributed by atoms with Crippen LogP contribution in [-0.2, 0) is 0 Å².